The maximum Gasteiger partial charge on any atom is 0.0130 e. The Morgan fingerprint density at radius 3 is 0.964 bits per heavy atom. The Bertz CT molecular complexity index is 799. The zero-order valence-corrected chi connectivity index (χ0v) is 20.4. The van der Waals surface area contributed by atoms with Crippen LogP contribution in [0.1, 0.15) is 49.7 Å². The van der Waals surface area contributed by atoms with Crippen molar-refractivity contribution >= 4 is 45.2 Å². The van der Waals surface area contributed by atoms with Crippen molar-refractivity contribution in [3.63, 3.8) is 0 Å². The van der Waals surface area contributed by atoms with E-state index in [1.165, 1.54) is 45.7 Å². The normalized spacial score (nSPS) is 47.1. The van der Waals surface area contributed by atoms with E-state index in [0.29, 0.717) is 10.8 Å². The molecular formula is C26H26I2. The molecule has 9 rings (SSSR count). The molecule has 7 aliphatic rings. The first-order valence-electron chi connectivity index (χ1n) is 11.1. The summed E-state index contributed by atoms with van der Waals surface area (Å²) in [5, 5.41) is 0. The lowest BCUT2D eigenvalue weighted by atomic mass is 9.29. The molecule has 0 aliphatic heterocycles. The standard InChI is InChI=1S/C26H26I2/c27-17-5-1-15(2-6-17)25-9-19-22-12-26(16-3-7-18(28)8-4-16)13-23(19)21(11-25)24(14-26)20(22)10-25/h1-8,19-24H,9-14H2/t19-,20-,21?,22?,23?,24?,25?,26-/m1/s1. The predicted octanol–water partition coefficient (Wildman–Crippen LogP) is 7.18. The molecule has 0 unspecified atom stereocenters. The highest BCUT2D eigenvalue weighted by molar-refractivity contribution is 14.1. The fraction of sp³-hybridized carbons (Fsp3) is 0.538. The fourth-order valence-corrected chi connectivity index (χ4v) is 9.96. The average molecular weight is 592 g/mol. The summed E-state index contributed by atoms with van der Waals surface area (Å²) in [6.45, 7) is 0. The van der Waals surface area contributed by atoms with Crippen LogP contribution in [-0.4, -0.2) is 0 Å². The fourth-order valence-electron chi connectivity index (χ4n) is 9.24. The van der Waals surface area contributed by atoms with E-state index < -0.39 is 0 Å². The van der Waals surface area contributed by atoms with Gasteiger partial charge in [-0.1, -0.05) is 24.3 Å². The summed E-state index contributed by atoms with van der Waals surface area (Å²) in [5.74, 6) is 6.11. The van der Waals surface area contributed by atoms with Gasteiger partial charge in [-0.05, 0) is 165 Å². The van der Waals surface area contributed by atoms with Gasteiger partial charge in [0, 0.05) is 7.14 Å². The molecule has 7 aliphatic carbocycles. The molecule has 2 aromatic rings. The van der Waals surface area contributed by atoms with Crippen LogP contribution in [0.25, 0.3) is 0 Å². The Hall–Kier alpha value is -0.100. The van der Waals surface area contributed by atoms with Crippen molar-refractivity contribution in [2.24, 2.45) is 35.5 Å². The minimum Gasteiger partial charge on any atom is -0.0574 e. The van der Waals surface area contributed by atoms with Crippen LogP contribution in [0.4, 0.5) is 0 Å². The molecule has 0 saturated heterocycles. The van der Waals surface area contributed by atoms with Gasteiger partial charge in [0.05, 0.1) is 0 Å². The van der Waals surface area contributed by atoms with Crippen LogP contribution in [0, 0.1) is 42.6 Å². The molecule has 8 bridgehead atoms. The Kier molecular flexibility index (Phi) is 3.62. The van der Waals surface area contributed by atoms with Crippen LogP contribution in [0.2, 0.25) is 0 Å². The quantitative estimate of drug-likeness (QED) is 0.325. The first kappa shape index (κ1) is 17.6. The topological polar surface area (TPSA) is 0 Å². The molecule has 0 heterocycles. The zero-order chi connectivity index (χ0) is 18.7. The summed E-state index contributed by atoms with van der Waals surface area (Å²) in [7, 11) is 0. The van der Waals surface area contributed by atoms with Crippen molar-refractivity contribution in [3.8, 4) is 0 Å². The summed E-state index contributed by atoms with van der Waals surface area (Å²) >= 11 is 4.91. The minimum absolute atomic E-state index is 0.522. The van der Waals surface area contributed by atoms with Crippen molar-refractivity contribution in [1.29, 1.82) is 0 Å². The first-order valence-corrected chi connectivity index (χ1v) is 13.2. The summed E-state index contributed by atoms with van der Waals surface area (Å²) in [4.78, 5) is 0. The van der Waals surface area contributed by atoms with Gasteiger partial charge in [-0.25, -0.2) is 0 Å². The number of hydrogen-bond acceptors (Lipinski definition) is 0. The molecule has 144 valence electrons. The monoisotopic (exact) mass is 592 g/mol. The Morgan fingerprint density at radius 2 is 0.714 bits per heavy atom. The van der Waals surface area contributed by atoms with Crippen LogP contribution in [0.5, 0.6) is 0 Å². The third-order valence-electron chi connectivity index (χ3n) is 9.97. The SMILES string of the molecule is Ic1ccc(C23CC4C5C[C@]6(c7ccc(I)cc7)CC4[C@H](C2)C(C6)[C@H]5C3)cc1. The van der Waals surface area contributed by atoms with Gasteiger partial charge >= 0.3 is 0 Å². The van der Waals surface area contributed by atoms with Crippen LogP contribution >= 0.6 is 45.2 Å². The van der Waals surface area contributed by atoms with Crippen LogP contribution in [0.15, 0.2) is 48.5 Å². The maximum atomic E-state index is 2.47. The van der Waals surface area contributed by atoms with Gasteiger partial charge in [0.15, 0.2) is 0 Å². The van der Waals surface area contributed by atoms with Gasteiger partial charge in [-0.3, -0.25) is 0 Å². The Morgan fingerprint density at radius 1 is 0.464 bits per heavy atom. The molecule has 0 spiro atoms. The van der Waals surface area contributed by atoms with Crippen molar-refractivity contribution in [2.75, 3.05) is 0 Å². The third kappa shape index (κ3) is 2.18. The molecule has 0 nitrogen and oxygen atoms in total. The maximum absolute atomic E-state index is 2.47. The van der Waals surface area contributed by atoms with E-state index >= 15 is 0 Å². The van der Waals surface area contributed by atoms with Crippen molar-refractivity contribution in [3.05, 3.63) is 66.8 Å². The molecule has 7 saturated carbocycles. The second-order valence-corrected chi connectivity index (χ2v) is 13.3. The van der Waals surface area contributed by atoms with Crippen LogP contribution < -0.4 is 0 Å². The molecule has 0 aromatic heterocycles. The highest BCUT2D eigenvalue weighted by Gasteiger charge is 2.70. The number of benzene rings is 2. The van der Waals surface area contributed by atoms with E-state index in [4.69, 9.17) is 0 Å². The minimum atomic E-state index is 0.522. The smallest absolute Gasteiger partial charge is 0.0130 e. The van der Waals surface area contributed by atoms with E-state index in [1.807, 2.05) is 0 Å². The summed E-state index contributed by atoms with van der Waals surface area (Å²) in [6.07, 6.45) is 8.95. The molecule has 0 amide bonds. The van der Waals surface area contributed by atoms with Crippen LogP contribution in [-0.2, 0) is 10.8 Å². The van der Waals surface area contributed by atoms with Crippen molar-refractivity contribution < 1.29 is 0 Å². The van der Waals surface area contributed by atoms with Gasteiger partial charge < -0.3 is 0 Å². The third-order valence-corrected chi connectivity index (χ3v) is 11.4. The van der Waals surface area contributed by atoms with E-state index in [0.717, 1.165) is 35.5 Å². The highest BCUT2D eigenvalue weighted by atomic mass is 127. The van der Waals surface area contributed by atoms with E-state index in [9.17, 15) is 0 Å². The van der Waals surface area contributed by atoms with E-state index in [-0.39, 0.29) is 0 Å². The first-order chi connectivity index (χ1) is 13.6. The Labute approximate surface area is 195 Å². The lowest BCUT2D eigenvalue weighted by Gasteiger charge is -2.75. The molecule has 2 heteroatoms. The predicted molar refractivity (Wildman–Crippen MR) is 130 cm³/mol. The summed E-state index contributed by atoms with van der Waals surface area (Å²) in [5.41, 5.74) is 4.39. The van der Waals surface area contributed by atoms with E-state index in [1.54, 1.807) is 11.1 Å². The number of hydrogen-bond donors (Lipinski definition) is 0. The largest absolute Gasteiger partial charge is 0.0574 e. The molecule has 0 radical (unpaired) electrons. The lowest BCUT2D eigenvalue weighted by molar-refractivity contribution is -0.221. The second-order valence-electron chi connectivity index (χ2n) is 10.8. The molecule has 7 fully saturated rings. The lowest BCUT2D eigenvalue weighted by Crippen LogP contribution is -2.69. The molecule has 28 heavy (non-hydrogen) atoms. The molecular weight excluding hydrogens is 566 g/mol. The molecule has 0 N–H and O–H groups in total. The zero-order valence-electron chi connectivity index (χ0n) is 16.1. The van der Waals surface area contributed by atoms with Gasteiger partial charge in [-0.15, -0.1) is 0 Å². The van der Waals surface area contributed by atoms with E-state index in [2.05, 4.69) is 93.7 Å². The van der Waals surface area contributed by atoms with Crippen molar-refractivity contribution in [1.82, 2.24) is 0 Å². The molecule has 2 aromatic carbocycles. The second kappa shape index (κ2) is 5.77. The molecule has 0 atom stereocenters. The number of rotatable bonds is 2. The average Bonchev–Trinajstić information content (AvgIpc) is 2.72. The highest BCUT2D eigenvalue weighted by Crippen LogP contribution is 2.77. The van der Waals surface area contributed by atoms with Gasteiger partial charge in [-0.2, -0.15) is 0 Å². The van der Waals surface area contributed by atoms with Gasteiger partial charge in [0.25, 0.3) is 0 Å². The van der Waals surface area contributed by atoms with Crippen LogP contribution in [0.3, 0.4) is 0 Å². The number of halogens is 2. The van der Waals surface area contributed by atoms with Gasteiger partial charge in [0.1, 0.15) is 0 Å². The van der Waals surface area contributed by atoms with Crippen molar-refractivity contribution in [2.45, 2.75) is 49.4 Å². The summed E-state index contributed by atoms with van der Waals surface area (Å²) < 4.78 is 2.76. The Balaban J connectivity index is 1.28. The van der Waals surface area contributed by atoms with Gasteiger partial charge in [0.2, 0.25) is 0 Å². The summed E-state index contributed by atoms with van der Waals surface area (Å²) in [6, 6.07) is 19.3.